The van der Waals surface area contributed by atoms with Gasteiger partial charge in [-0.25, -0.2) is 9.59 Å². The molecule has 1 aliphatic carbocycles. The maximum Gasteiger partial charge on any atom is 0.407 e. The smallest absolute Gasteiger partial charge is 0.407 e. The minimum absolute atomic E-state index is 0.00520. The molecule has 1 aliphatic rings. The number of carboxylic acids is 1. The van der Waals surface area contributed by atoms with Gasteiger partial charge in [-0.15, -0.1) is 0 Å². The first-order valence-corrected chi connectivity index (χ1v) is 11.4. The molecule has 0 heterocycles. The van der Waals surface area contributed by atoms with Crippen LogP contribution in [0.1, 0.15) is 57.6 Å². The number of ether oxygens (including phenoxy) is 1. The summed E-state index contributed by atoms with van der Waals surface area (Å²) in [5.41, 5.74) is 3.24. The van der Waals surface area contributed by atoms with E-state index in [4.69, 9.17) is 4.74 Å². The number of fused-ring (bicyclic) bond motifs is 3. The van der Waals surface area contributed by atoms with Crippen LogP contribution in [0.5, 0.6) is 0 Å². The van der Waals surface area contributed by atoms with Crippen molar-refractivity contribution in [1.82, 2.24) is 10.2 Å². The molecule has 2 aromatic carbocycles. The Morgan fingerprint density at radius 3 is 2.06 bits per heavy atom. The Balaban J connectivity index is 1.62. The van der Waals surface area contributed by atoms with E-state index >= 15 is 0 Å². The summed E-state index contributed by atoms with van der Waals surface area (Å²) in [6.45, 7) is 7.05. The van der Waals surface area contributed by atoms with Crippen LogP contribution in [0.3, 0.4) is 0 Å². The van der Waals surface area contributed by atoms with Crippen LogP contribution in [-0.2, 0) is 14.3 Å². The SMILES string of the molecule is CC[C@@H](CC(=O)N(CC)C(C)(C)C(=O)O)NC(=O)OCC1c2ccccc2-c2ccccc21. The summed E-state index contributed by atoms with van der Waals surface area (Å²) in [7, 11) is 0. The third-order valence-corrected chi connectivity index (χ3v) is 6.39. The molecular weight excluding hydrogens is 420 g/mol. The number of amides is 2. The molecule has 0 bridgehead atoms. The zero-order valence-corrected chi connectivity index (χ0v) is 19.6. The van der Waals surface area contributed by atoms with Gasteiger partial charge in [-0.3, -0.25) is 4.79 Å². The van der Waals surface area contributed by atoms with Crippen molar-refractivity contribution in [1.29, 1.82) is 0 Å². The number of nitrogens with zero attached hydrogens (tertiary/aromatic N) is 1. The van der Waals surface area contributed by atoms with E-state index in [1.54, 1.807) is 6.92 Å². The molecule has 0 unspecified atom stereocenters. The van der Waals surface area contributed by atoms with Gasteiger partial charge in [0.1, 0.15) is 12.1 Å². The summed E-state index contributed by atoms with van der Waals surface area (Å²) < 4.78 is 5.58. The number of likely N-dealkylation sites (N-methyl/N-ethyl adjacent to an activating group) is 1. The van der Waals surface area contributed by atoms with Gasteiger partial charge in [-0.05, 0) is 49.4 Å². The number of aliphatic carboxylic acids is 1. The normalized spacial score (nSPS) is 13.6. The van der Waals surface area contributed by atoms with Crippen molar-refractivity contribution in [3.05, 3.63) is 59.7 Å². The first-order chi connectivity index (χ1) is 15.7. The molecule has 0 spiro atoms. The van der Waals surface area contributed by atoms with Crippen molar-refractivity contribution < 1.29 is 24.2 Å². The zero-order chi connectivity index (χ0) is 24.2. The molecule has 0 saturated heterocycles. The summed E-state index contributed by atoms with van der Waals surface area (Å²) in [6.07, 6.45) is -0.0660. The number of hydrogen-bond acceptors (Lipinski definition) is 4. The maximum absolute atomic E-state index is 12.8. The predicted molar refractivity (Wildman–Crippen MR) is 126 cm³/mol. The molecule has 2 aromatic rings. The molecule has 2 N–H and O–H groups in total. The second kappa shape index (κ2) is 10.1. The number of alkyl carbamates (subject to hydrolysis) is 1. The summed E-state index contributed by atoms with van der Waals surface area (Å²) in [4.78, 5) is 38.2. The Kier molecular flexibility index (Phi) is 7.41. The highest BCUT2D eigenvalue weighted by molar-refractivity contribution is 5.87. The van der Waals surface area contributed by atoms with Crippen molar-refractivity contribution in [3.8, 4) is 11.1 Å². The van der Waals surface area contributed by atoms with Gasteiger partial charge in [-0.2, -0.15) is 0 Å². The van der Waals surface area contributed by atoms with Crippen LogP contribution in [0.4, 0.5) is 4.79 Å². The fourth-order valence-electron chi connectivity index (χ4n) is 4.42. The molecule has 0 radical (unpaired) electrons. The van der Waals surface area contributed by atoms with Crippen LogP contribution in [0, 0.1) is 0 Å². The van der Waals surface area contributed by atoms with Gasteiger partial charge < -0.3 is 20.1 Å². The van der Waals surface area contributed by atoms with Gasteiger partial charge in [0.2, 0.25) is 5.91 Å². The zero-order valence-electron chi connectivity index (χ0n) is 19.6. The van der Waals surface area contributed by atoms with Crippen molar-refractivity contribution in [3.63, 3.8) is 0 Å². The fraction of sp³-hybridized carbons (Fsp3) is 0.423. The molecule has 176 valence electrons. The van der Waals surface area contributed by atoms with E-state index in [1.807, 2.05) is 31.2 Å². The van der Waals surface area contributed by atoms with Crippen LogP contribution >= 0.6 is 0 Å². The molecular formula is C26H32N2O5. The highest BCUT2D eigenvalue weighted by atomic mass is 16.5. The number of hydrogen-bond donors (Lipinski definition) is 2. The summed E-state index contributed by atoms with van der Waals surface area (Å²) >= 11 is 0. The highest BCUT2D eigenvalue weighted by Gasteiger charge is 2.37. The lowest BCUT2D eigenvalue weighted by Crippen LogP contribution is -2.54. The molecule has 1 atom stereocenters. The molecule has 0 aliphatic heterocycles. The van der Waals surface area contributed by atoms with E-state index in [9.17, 15) is 19.5 Å². The van der Waals surface area contributed by atoms with Gasteiger partial charge in [0.15, 0.2) is 0 Å². The summed E-state index contributed by atoms with van der Waals surface area (Å²) in [5.74, 6) is -1.44. The van der Waals surface area contributed by atoms with Crippen LogP contribution in [-0.4, -0.2) is 52.7 Å². The average molecular weight is 453 g/mol. The lowest BCUT2D eigenvalue weighted by atomic mass is 9.98. The molecule has 2 amide bonds. The van der Waals surface area contributed by atoms with Crippen molar-refractivity contribution in [2.24, 2.45) is 0 Å². The van der Waals surface area contributed by atoms with E-state index in [1.165, 1.54) is 18.7 Å². The van der Waals surface area contributed by atoms with Crippen molar-refractivity contribution >= 4 is 18.0 Å². The Morgan fingerprint density at radius 1 is 1.03 bits per heavy atom. The van der Waals surface area contributed by atoms with Crippen LogP contribution in [0.15, 0.2) is 48.5 Å². The van der Waals surface area contributed by atoms with Gasteiger partial charge >= 0.3 is 12.1 Å². The van der Waals surface area contributed by atoms with Gasteiger partial charge in [0, 0.05) is 24.9 Å². The minimum atomic E-state index is -1.33. The Hall–Kier alpha value is -3.35. The Labute approximate surface area is 194 Å². The van der Waals surface area contributed by atoms with E-state index in [0.717, 1.165) is 22.3 Å². The average Bonchev–Trinajstić information content (AvgIpc) is 3.11. The molecule has 0 saturated carbocycles. The molecule has 0 fully saturated rings. The summed E-state index contributed by atoms with van der Waals surface area (Å²) in [5, 5.41) is 12.2. The van der Waals surface area contributed by atoms with E-state index in [0.29, 0.717) is 6.42 Å². The number of carboxylic acid groups (broad SMARTS) is 1. The van der Waals surface area contributed by atoms with Crippen LogP contribution in [0.2, 0.25) is 0 Å². The topological polar surface area (TPSA) is 95.9 Å². The van der Waals surface area contributed by atoms with Gasteiger partial charge in [0.05, 0.1) is 0 Å². The number of nitrogens with one attached hydrogen (secondary N) is 1. The third kappa shape index (κ3) is 5.02. The quantitative estimate of drug-likeness (QED) is 0.588. The van der Waals surface area contributed by atoms with Crippen molar-refractivity contribution in [2.45, 2.75) is 58.0 Å². The van der Waals surface area contributed by atoms with E-state index < -0.39 is 23.6 Å². The van der Waals surface area contributed by atoms with Crippen LogP contribution in [0.25, 0.3) is 11.1 Å². The second-order valence-electron chi connectivity index (χ2n) is 8.78. The lowest BCUT2D eigenvalue weighted by molar-refractivity contribution is -0.156. The fourth-order valence-corrected chi connectivity index (χ4v) is 4.42. The highest BCUT2D eigenvalue weighted by Crippen LogP contribution is 2.44. The predicted octanol–water partition coefficient (Wildman–Crippen LogP) is 4.41. The largest absolute Gasteiger partial charge is 0.480 e. The third-order valence-electron chi connectivity index (χ3n) is 6.39. The Morgan fingerprint density at radius 2 is 1.58 bits per heavy atom. The first kappa shape index (κ1) is 24.3. The molecule has 7 nitrogen and oxygen atoms in total. The molecule has 3 rings (SSSR count). The Bertz CT molecular complexity index is 987. The number of benzene rings is 2. The van der Waals surface area contributed by atoms with Crippen LogP contribution < -0.4 is 5.32 Å². The number of carbonyl (C=O) groups excluding carboxylic acids is 2. The number of carbonyl (C=O) groups is 3. The standard InChI is InChI=1S/C26H32N2O5/c1-5-17(15-23(29)28(6-2)26(3,4)24(30)31)27-25(32)33-16-22-20-13-9-7-11-18(20)19-12-8-10-14-21(19)22/h7-14,17,22H,5-6,15-16H2,1-4H3,(H,27,32)(H,30,31)/t17-/m0/s1. The van der Waals surface area contributed by atoms with E-state index in [2.05, 4.69) is 29.6 Å². The lowest BCUT2D eigenvalue weighted by Gasteiger charge is -2.35. The van der Waals surface area contributed by atoms with E-state index in [-0.39, 0.29) is 31.4 Å². The second-order valence-corrected chi connectivity index (χ2v) is 8.78. The first-order valence-electron chi connectivity index (χ1n) is 11.4. The van der Waals surface area contributed by atoms with Gasteiger partial charge in [0.25, 0.3) is 0 Å². The maximum atomic E-state index is 12.8. The minimum Gasteiger partial charge on any atom is -0.480 e. The monoisotopic (exact) mass is 452 g/mol. The molecule has 33 heavy (non-hydrogen) atoms. The molecule has 7 heteroatoms. The molecule has 0 aromatic heterocycles. The summed E-state index contributed by atoms with van der Waals surface area (Å²) in [6, 6.07) is 15.8. The van der Waals surface area contributed by atoms with Crippen molar-refractivity contribution in [2.75, 3.05) is 13.2 Å². The van der Waals surface area contributed by atoms with Gasteiger partial charge in [-0.1, -0.05) is 55.5 Å². The number of rotatable bonds is 9.